The lowest BCUT2D eigenvalue weighted by Crippen LogP contribution is -1.94. The molecule has 2 rings (SSSR count). The number of hydrogen-bond donors (Lipinski definition) is 0. The van der Waals surface area contributed by atoms with Crippen LogP contribution in [-0.4, -0.2) is 4.92 Å². The molecule has 0 aliphatic rings. The lowest BCUT2D eigenvalue weighted by atomic mass is 10.2. The van der Waals surface area contributed by atoms with Crippen molar-refractivity contribution in [3.05, 3.63) is 62.6 Å². The lowest BCUT2D eigenvalue weighted by molar-refractivity contribution is -0.385. The molecule has 0 unspecified atom stereocenters. The fourth-order valence-electron chi connectivity index (χ4n) is 1.55. The first-order valence-electron chi connectivity index (χ1n) is 5.37. The van der Waals surface area contributed by atoms with Crippen LogP contribution in [0.1, 0.15) is 5.56 Å². The zero-order valence-corrected chi connectivity index (χ0v) is 12.8. The third-order valence-corrected chi connectivity index (χ3v) is 3.57. The molecule has 0 aliphatic heterocycles. The van der Waals surface area contributed by atoms with Crippen LogP contribution in [0.2, 0.25) is 0 Å². The molecule has 0 saturated carbocycles. The Morgan fingerprint density at radius 3 is 2.32 bits per heavy atom. The van der Waals surface area contributed by atoms with Crippen LogP contribution in [0.25, 0.3) is 0 Å². The van der Waals surface area contributed by atoms with Gasteiger partial charge in [0.25, 0.3) is 5.69 Å². The van der Waals surface area contributed by atoms with Crippen molar-refractivity contribution < 1.29 is 9.66 Å². The quantitative estimate of drug-likeness (QED) is 0.420. The van der Waals surface area contributed by atoms with Crippen molar-refractivity contribution in [2.45, 2.75) is 5.33 Å². The van der Waals surface area contributed by atoms with E-state index in [1.54, 1.807) is 12.1 Å². The number of halogens is 2. The number of rotatable bonds is 4. The van der Waals surface area contributed by atoms with Crippen LogP contribution in [0.5, 0.6) is 11.5 Å². The molecule has 0 aromatic heterocycles. The van der Waals surface area contributed by atoms with Crippen molar-refractivity contribution in [1.29, 1.82) is 0 Å². The van der Waals surface area contributed by atoms with Gasteiger partial charge in [0.1, 0.15) is 11.5 Å². The van der Waals surface area contributed by atoms with Gasteiger partial charge >= 0.3 is 0 Å². The summed E-state index contributed by atoms with van der Waals surface area (Å²) in [4.78, 5) is 10.4. The van der Waals surface area contributed by atoms with E-state index in [0.717, 1.165) is 4.47 Å². The minimum atomic E-state index is -0.403. The third kappa shape index (κ3) is 3.54. The summed E-state index contributed by atoms with van der Waals surface area (Å²) in [5, 5.41) is 11.2. The summed E-state index contributed by atoms with van der Waals surface area (Å²) in [6, 6.07) is 12.1. The fraction of sp³-hybridized carbons (Fsp3) is 0.0769. The predicted octanol–water partition coefficient (Wildman–Crippen LogP) is 5.04. The predicted molar refractivity (Wildman–Crippen MR) is 79.9 cm³/mol. The molecular formula is C13H9Br2NO3. The van der Waals surface area contributed by atoms with Gasteiger partial charge in [-0.1, -0.05) is 31.9 Å². The molecule has 0 fully saturated rings. The van der Waals surface area contributed by atoms with Gasteiger partial charge in [-0.25, -0.2) is 0 Å². The Bertz CT molecular complexity index is 599. The first kappa shape index (κ1) is 14.0. The highest BCUT2D eigenvalue weighted by Gasteiger charge is 2.13. The summed E-state index contributed by atoms with van der Waals surface area (Å²) in [5.41, 5.74) is 0.666. The lowest BCUT2D eigenvalue weighted by Gasteiger charge is -2.07. The zero-order valence-electron chi connectivity index (χ0n) is 9.68. The van der Waals surface area contributed by atoms with E-state index in [9.17, 15) is 10.1 Å². The molecule has 0 atom stereocenters. The van der Waals surface area contributed by atoms with Crippen LogP contribution >= 0.6 is 31.9 Å². The largest absolute Gasteiger partial charge is 0.457 e. The minimum Gasteiger partial charge on any atom is -0.457 e. The monoisotopic (exact) mass is 385 g/mol. The van der Waals surface area contributed by atoms with Crippen molar-refractivity contribution >= 4 is 37.5 Å². The highest BCUT2D eigenvalue weighted by molar-refractivity contribution is 9.10. The van der Waals surface area contributed by atoms with Gasteiger partial charge in [-0.3, -0.25) is 10.1 Å². The molecule has 4 nitrogen and oxygen atoms in total. The smallest absolute Gasteiger partial charge is 0.273 e. The summed E-state index contributed by atoms with van der Waals surface area (Å²) in [6.07, 6.45) is 0. The van der Waals surface area contributed by atoms with Crippen molar-refractivity contribution in [3.63, 3.8) is 0 Å². The van der Waals surface area contributed by atoms with E-state index in [-0.39, 0.29) is 5.69 Å². The Morgan fingerprint density at radius 1 is 1.11 bits per heavy atom. The molecule has 19 heavy (non-hydrogen) atoms. The van der Waals surface area contributed by atoms with Gasteiger partial charge in [-0.2, -0.15) is 0 Å². The van der Waals surface area contributed by atoms with Crippen molar-refractivity contribution in [2.75, 3.05) is 0 Å². The molecule has 0 spiro atoms. The highest BCUT2D eigenvalue weighted by Crippen LogP contribution is 2.29. The Kier molecular flexibility index (Phi) is 4.55. The average molecular weight is 387 g/mol. The van der Waals surface area contributed by atoms with Crippen LogP contribution in [-0.2, 0) is 5.33 Å². The average Bonchev–Trinajstić information content (AvgIpc) is 2.41. The normalized spacial score (nSPS) is 10.2. The molecule has 0 aliphatic carbocycles. The van der Waals surface area contributed by atoms with Gasteiger partial charge in [0.2, 0.25) is 0 Å². The maximum absolute atomic E-state index is 10.8. The zero-order chi connectivity index (χ0) is 13.8. The standard InChI is InChI=1S/C13H9Br2NO3/c14-8-9-7-12(5-6-13(9)16(17)18)19-11-3-1-10(15)2-4-11/h1-7H,8H2. The molecule has 6 heteroatoms. The van der Waals surface area contributed by atoms with Gasteiger partial charge in [-0.05, 0) is 36.4 Å². The van der Waals surface area contributed by atoms with E-state index < -0.39 is 4.92 Å². The Labute approximate surface area is 126 Å². The van der Waals surface area contributed by atoms with E-state index in [0.29, 0.717) is 22.4 Å². The Balaban J connectivity index is 2.26. The molecule has 0 saturated heterocycles. The Hall–Kier alpha value is -1.40. The van der Waals surface area contributed by atoms with Crippen LogP contribution in [0.4, 0.5) is 5.69 Å². The molecule has 98 valence electrons. The van der Waals surface area contributed by atoms with E-state index in [1.165, 1.54) is 6.07 Å². The molecule has 0 radical (unpaired) electrons. The third-order valence-electron chi connectivity index (χ3n) is 2.44. The van der Waals surface area contributed by atoms with Crippen molar-refractivity contribution in [1.82, 2.24) is 0 Å². The summed E-state index contributed by atoms with van der Waals surface area (Å²) in [6.45, 7) is 0. The van der Waals surface area contributed by atoms with Gasteiger partial charge in [0.15, 0.2) is 0 Å². The second-order valence-electron chi connectivity index (χ2n) is 3.74. The number of nitro groups is 1. The maximum atomic E-state index is 10.8. The molecular weight excluding hydrogens is 378 g/mol. The summed E-state index contributed by atoms with van der Waals surface area (Å²) >= 11 is 6.58. The summed E-state index contributed by atoms with van der Waals surface area (Å²) in [7, 11) is 0. The highest BCUT2D eigenvalue weighted by atomic mass is 79.9. The number of hydrogen-bond acceptors (Lipinski definition) is 3. The molecule has 0 bridgehead atoms. The van der Waals surface area contributed by atoms with Gasteiger partial charge in [-0.15, -0.1) is 0 Å². The summed E-state index contributed by atoms with van der Waals surface area (Å²) in [5.74, 6) is 1.25. The molecule has 2 aromatic carbocycles. The second kappa shape index (κ2) is 6.16. The molecule has 0 amide bonds. The van der Waals surface area contributed by atoms with Crippen LogP contribution in [0.15, 0.2) is 46.9 Å². The van der Waals surface area contributed by atoms with Crippen molar-refractivity contribution in [2.24, 2.45) is 0 Å². The van der Waals surface area contributed by atoms with E-state index in [2.05, 4.69) is 31.9 Å². The number of alkyl halides is 1. The van der Waals surface area contributed by atoms with E-state index in [4.69, 9.17) is 4.74 Å². The molecule has 0 heterocycles. The second-order valence-corrected chi connectivity index (χ2v) is 5.21. The first-order chi connectivity index (χ1) is 9.10. The number of benzene rings is 2. The van der Waals surface area contributed by atoms with Gasteiger partial charge in [0.05, 0.1) is 4.92 Å². The van der Waals surface area contributed by atoms with E-state index in [1.807, 2.05) is 24.3 Å². The Morgan fingerprint density at radius 2 is 1.74 bits per heavy atom. The maximum Gasteiger partial charge on any atom is 0.273 e. The number of ether oxygens (including phenoxy) is 1. The van der Waals surface area contributed by atoms with Crippen LogP contribution in [0.3, 0.4) is 0 Å². The molecule has 2 aromatic rings. The minimum absolute atomic E-state index is 0.0834. The number of nitrogens with zero attached hydrogens (tertiary/aromatic N) is 1. The first-order valence-corrected chi connectivity index (χ1v) is 7.28. The number of nitro benzene ring substituents is 1. The fourth-order valence-corrected chi connectivity index (χ4v) is 2.26. The summed E-state index contributed by atoms with van der Waals surface area (Å²) < 4.78 is 6.61. The van der Waals surface area contributed by atoms with Crippen LogP contribution < -0.4 is 4.74 Å². The van der Waals surface area contributed by atoms with Crippen molar-refractivity contribution in [3.8, 4) is 11.5 Å². The van der Waals surface area contributed by atoms with Gasteiger partial charge < -0.3 is 4.74 Å². The van der Waals surface area contributed by atoms with Crippen LogP contribution in [0, 0.1) is 10.1 Å². The molecule has 0 N–H and O–H groups in total. The van der Waals surface area contributed by atoms with E-state index >= 15 is 0 Å². The van der Waals surface area contributed by atoms with Gasteiger partial charge in [0, 0.05) is 21.4 Å². The topological polar surface area (TPSA) is 52.4 Å². The SMILES string of the molecule is O=[N+]([O-])c1ccc(Oc2ccc(Br)cc2)cc1CBr.